The number of ether oxygens (including phenoxy) is 2. The predicted molar refractivity (Wildman–Crippen MR) is 139 cm³/mol. The number of rotatable bonds is 12. The van der Waals surface area contributed by atoms with Gasteiger partial charge < -0.3 is 28.5 Å². The lowest BCUT2D eigenvalue weighted by Gasteiger charge is -2.46. The molecule has 0 aliphatic carbocycles. The summed E-state index contributed by atoms with van der Waals surface area (Å²) in [4.78, 5) is 22.4. The molecule has 34 heavy (non-hydrogen) atoms. The second kappa shape index (κ2) is 12.8. The van der Waals surface area contributed by atoms with Gasteiger partial charge in [0.1, 0.15) is 31.5 Å². The van der Waals surface area contributed by atoms with Gasteiger partial charge in [-0.2, -0.15) is 0 Å². The lowest BCUT2D eigenvalue weighted by molar-refractivity contribution is -0.150. The van der Waals surface area contributed by atoms with Crippen molar-refractivity contribution in [2.24, 2.45) is 0 Å². The first kappa shape index (κ1) is 33.0. The average Bonchev–Trinajstić information content (AvgIpc) is 2.63. The van der Waals surface area contributed by atoms with Gasteiger partial charge in [0.15, 0.2) is 16.6 Å². The number of aliphatic hydroxyl groups excluding tert-OH is 2. The zero-order valence-electron chi connectivity index (χ0n) is 23.2. The Hall–Kier alpha value is -1.05. The molecule has 8 nitrogen and oxygen atoms in total. The number of esters is 2. The molecule has 0 aromatic rings. The lowest BCUT2D eigenvalue weighted by Crippen LogP contribution is -2.57. The second-order valence-corrected chi connectivity index (χ2v) is 21.3. The highest BCUT2D eigenvalue weighted by molar-refractivity contribution is 6.74. The van der Waals surface area contributed by atoms with Gasteiger partial charge in [-0.05, 0) is 42.3 Å². The van der Waals surface area contributed by atoms with E-state index in [1.165, 1.54) is 13.8 Å². The standard InChI is InChI=1S/C24H48O8Si2/c1-17(25)29-15-13-14-20(31-33(9,10)23(3,4)5)22(32-34(11,12)24(6,7)8)21(28)19(27)16-30-18(2)26/h13-14,19-22,27-28H,15-16H2,1-12H3/b14-13+/t19-,20+,21+,22-/m1/s1. The molecule has 0 heterocycles. The van der Waals surface area contributed by atoms with Crippen molar-refractivity contribution in [2.45, 2.75) is 116 Å². The SMILES string of the molecule is CC(=O)OC/C=C/[C@H](O[Si](C)(C)C(C)(C)C)[C@@H](O[Si](C)(C)C(C)(C)C)[C@@H](O)[C@H](O)COC(C)=O. The second-order valence-electron chi connectivity index (χ2n) is 11.8. The first-order valence-electron chi connectivity index (χ1n) is 11.8. The Bertz CT molecular complexity index is 692. The van der Waals surface area contributed by atoms with Crippen molar-refractivity contribution < 1.29 is 38.1 Å². The van der Waals surface area contributed by atoms with E-state index in [1.807, 2.05) is 0 Å². The van der Waals surface area contributed by atoms with E-state index in [4.69, 9.17) is 18.3 Å². The number of hydrogen-bond donors (Lipinski definition) is 2. The van der Waals surface area contributed by atoms with Crippen molar-refractivity contribution in [1.82, 2.24) is 0 Å². The van der Waals surface area contributed by atoms with Crippen molar-refractivity contribution >= 4 is 28.6 Å². The van der Waals surface area contributed by atoms with Gasteiger partial charge >= 0.3 is 11.9 Å². The van der Waals surface area contributed by atoms with Gasteiger partial charge in [0.2, 0.25) is 0 Å². The van der Waals surface area contributed by atoms with E-state index in [1.54, 1.807) is 12.2 Å². The number of carbonyl (C=O) groups excluding carboxylic acids is 2. The summed E-state index contributed by atoms with van der Waals surface area (Å²) in [7, 11) is -4.79. The Morgan fingerprint density at radius 3 is 1.68 bits per heavy atom. The number of hydrogen-bond acceptors (Lipinski definition) is 8. The summed E-state index contributed by atoms with van der Waals surface area (Å²) in [6.07, 6.45) is -1.04. The topological polar surface area (TPSA) is 112 Å². The van der Waals surface area contributed by atoms with Gasteiger partial charge in [0, 0.05) is 13.8 Å². The highest BCUT2D eigenvalue weighted by Crippen LogP contribution is 2.41. The van der Waals surface area contributed by atoms with Gasteiger partial charge in [0.25, 0.3) is 0 Å². The summed E-state index contributed by atoms with van der Waals surface area (Å²) in [5.74, 6) is -0.958. The first-order valence-corrected chi connectivity index (χ1v) is 17.6. The van der Waals surface area contributed by atoms with Crippen molar-refractivity contribution in [1.29, 1.82) is 0 Å². The van der Waals surface area contributed by atoms with E-state index < -0.39 is 53.0 Å². The van der Waals surface area contributed by atoms with E-state index in [0.717, 1.165) is 0 Å². The first-order chi connectivity index (χ1) is 15.1. The van der Waals surface area contributed by atoms with E-state index in [-0.39, 0.29) is 23.3 Å². The Labute approximate surface area is 208 Å². The maximum Gasteiger partial charge on any atom is 0.302 e. The molecular formula is C24H48O8Si2. The van der Waals surface area contributed by atoms with Crippen molar-refractivity contribution in [2.75, 3.05) is 13.2 Å². The zero-order chi connectivity index (χ0) is 27.1. The minimum atomic E-state index is -2.43. The van der Waals surface area contributed by atoms with Crippen LogP contribution in [-0.4, -0.2) is 76.4 Å². The molecule has 0 aliphatic rings. The van der Waals surface area contributed by atoms with Crippen LogP contribution < -0.4 is 0 Å². The van der Waals surface area contributed by atoms with Crippen LogP contribution in [0.2, 0.25) is 36.3 Å². The molecule has 4 atom stereocenters. The van der Waals surface area contributed by atoms with E-state index in [9.17, 15) is 19.8 Å². The molecule has 0 amide bonds. The highest BCUT2D eigenvalue weighted by atomic mass is 28.4. The van der Waals surface area contributed by atoms with Crippen LogP contribution in [0, 0.1) is 0 Å². The Balaban J connectivity index is 6.35. The molecule has 0 fully saturated rings. The van der Waals surface area contributed by atoms with Crippen LogP contribution >= 0.6 is 0 Å². The lowest BCUT2D eigenvalue weighted by atomic mass is 10.0. The Morgan fingerprint density at radius 1 is 0.824 bits per heavy atom. The maximum atomic E-state index is 11.3. The molecule has 0 aliphatic heterocycles. The fraction of sp³-hybridized carbons (Fsp3) is 0.833. The van der Waals surface area contributed by atoms with Gasteiger partial charge in [0.05, 0.1) is 6.10 Å². The van der Waals surface area contributed by atoms with Crippen LogP contribution in [0.4, 0.5) is 0 Å². The van der Waals surface area contributed by atoms with Gasteiger partial charge in [-0.15, -0.1) is 0 Å². The van der Waals surface area contributed by atoms with E-state index in [2.05, 4.69) is 67.7 Å². The molecule has 0 radical (unpaired) electrons. The Morgan fingerprint density at radius 2 is 1.26 bits per heavy atom. The summed E-state index contributed by atoms with van der Waals surface area (Å²) in [6.45, 7) is 23.1. The van der Waals surface area contributed by atoms with Crippen LogP contribution in [0.15, 0.2) is 12.2 Å². The minimum Gasteiger partial charge on any atom is -0.463 e. The molecule has 0 saturated heterocycles. The predicted octanol–water partition coefficient (Wildman–Crippen LogP) is 4.17. The monoisotopic (exact) mass is 520 g/mol. The van der Waals surface area contributed by atoms with Gasteiger partial charge in [-0.3, -0.25) is 9.59 Å². The summed E-state index contributed by atoms with van der Waals surface area (Å²) in [6, 6.07) is 0. The fourth-order valence-corrected chi connectivity index (χ4v) is 5.01. The quantitative estimate of drug-likeness (QED) is 0.224. The third kappa shape index (κ3) is 10.7. The molecule has 0 aromatic heterocycles. The van der Waals surface area contributed by atoms with E-state index >= 15 is 0 Å². The summed E-state index contributed by atoms with van der Waals surface area (Å²) >= 11 is 0. The average molecular weight is 521 g/mol. The highest BCUT2D eigenvalue weighted by Gasteiger charge is 2.47. The normalized spacial score (nSPS) is 17.2. The number of aliphatic hydroxyl groups is 2. The fourth-order valence-electron chi connectivity index (χ4n) is 2.46. The molecule has 0 aromatic carbocycles. The zero-order valence-corrected chi connectivity index (χ0v) is 25.2. The van der Waals surface area contributed by atoms with Crippen LogP contribution in [0.5, 0.6) is 0 Å². The van der Waals surface area contributed by atoms with E-state index in [0.29, 0.717) is 0 Å². The van der Waals surface area contributed by atoms with Crippen LogP contribution in [0.1, 0.15) is 55.4 Å². The largest absolute Gasteiger partial charge is 0.463 e. The third-order valence-corrected chi connectivity index (χ3v) is 15.6. The molecule has 0 rings (SSSR count). The smallest absolute Gasteiger partial charge is 0.302 e. The molecule has 10 heteroatoms. The Kier molecular flexibility index (Phi) is 12.4. The molecule has 0 spiro atoms. The molecule has 0 unspecified atom stereocenters. The maximum absolute atomic E-state index is 11.3. The summed E-state index contributed by atoms with van der Waals surface area (Å²) < 4.78 is 23.2. The van der Waals surface area contributed by atoms with Crippen molar-refractivity contribution in [3.63, 3.8) is 0 Å². The number of carbonyl (C=O) groups is 2. The molecule has 2 N–H and O–H groups in total. The van der Waals surface area contributed by atoms with Crippen LogP contribution in [-0.2, 0) is 27.9 Å². The van der Waals surface area contributed by atoms with Crippen molar-refractivity contribution in [3.8, 4) is 0 Å². The summed E-state index contributed by atoms with van der Waals surface area (Å²) in [5, 5.41) is 21.6. The molecular weight excluding hydrogens is 472 g/mol. The van der Waals surface area contributed by atoms with Gasteiger partial charge in [-0.25, -0.2) is 0 Å². The molecule has 200 valence electrons. The summed E-state index contributed by atoms with van der Waals surface area (Å²) in [5.41, 5.74) is 0. The van der Waals surface area contributed by atoms with Crippen molar-refractivity contribution in [3.05, 3.63) is 12.2 Å². The molecule has 0 saturated carbocycles. The van der Waals surface area contributed by atoms with Crippen LogP contribution in [0.3, 0.4) is 0 Å². The molecule has 0 bridgehead atoms. The van der Waals surface area contributed by atoms with Gasteiger partial charge in [-0.1, -0.05) is 47.6 Å². The van der Waals surface area contributed by atoms with Crippen LogP contribution in [0.25, 0.3) is 0 Å². The minimum absolute atomic E-state index is 0.0472. The third-order valence-electron chi connectivity index (χ3n) is 6.69.